The van der Waals surface area contributed by atoms with Crippen LogP contribution in [0.5, 0.6) is 0 Å². The summed E-state index contributed by atoms with van der Waals surface area (Å²) in [7, 11) is 1.39. The van der Waals surface area contributed by atoms with Crippen LogP contribution in [0, 0.1) is 6.92 Å². The van der Waals surface area contributed by atoms with Crippen LogP contribution in [0.1, 0.15) is 60.3 Å². The molecule has 0 atom stereocenters. The van der Waals surface area contributed by atoms with E-state index in [9.17, 15) is 24.3 Å². The molecule has 0 saturated carbocycles. The third-order valence-corrected chi connectivity index (χ3v) is 4.89. The van der Waals surface area contributed by atoms with Crippen LogP contribution < -0.4 is 5.32 Å². The van der Waals surface area contributed by atoms with Gasteiger partial charge in [-0.3, -0.25) is 9.48 Å². The average Bonchev–Trinajstić information content (AvgIpc) is 3.15. The predicted octanol–water partition coefficient (Wildman–Crippen LogP) is 2.09. The van der Waals surface area contributed by atoms with Crippen LogP contribution in [0.4, 0.5) is 5.00 Å². The van der Waals surface area contributed by atoms with Crippen LogP contribution in [0.2, 0.25) is 0 Å². The van der Waals surface area contributed by atoms with Crippen molar-refractivity contribution in [3.8, 4) is 0 Å². The highest BCUT2D eigenvalue weighted by Gasteiger charge is 2.29. The minimum atomic E-state index is -1.33. The number of nitrogens with one attached hydrogen (secondary N) is 1. The molecule has 0 aliphatic rings. The Hall–Kier alpha value is -3.21. The van der Waals surface area contributed by atoms with Gasteiger partial charge < -0.3 is 19.9 Å². The fraction of sp³-hybridized carbons (Fsp3) is 0.353. The molecule has 0 fully saturated rings. The van der Waals surface area contributed by atoms with Gasteiger partial charge in [-0.05, 0) is 26.3 Å². The van der Waals surface area contributed by atoms with Gasteiger partial charge in [0.1, 0.15) is 9.88 Å². The zero-order valence-corrected chi connectivity index (χ0v) is 16.5. The van der Waals surface area contributed by atoms with E-state index in [2.05, 4.69) is 10.4 Å². The van der Waals surface area contributed by atoms with Gasteiger partial charge in [0.25, 0.3) is 5.91 Å². The number of hydrogen-bond acceptors (Lipinski definition) is 8. The number of nitrogens with zero attached hydrogens (tertiary/aromatic N) is 2. The lowest BCUT2D eigenvalue weighted by Gasteiger charge is -2.07. The number of ether oxygens (including phenoxy) is 2. The van der Waals surface area contributed by atoms with Crippen LogP contribution in [-0.4, -0.2) is 51.9 Å². The minimum absolute atomic E-state index is 0.0176. The second-order valence-electron chi connectivity index (χ2n) is 5.49. The molecule has 10 nitrogen and oxygen atoms in total. The highest BCUT2D eigenvalue weighted by molar-refractivity contribution is 7.18. The van der Waals surface area contributed by atoms with Crippen LogP contribution in [0.25, 0.3) is 0 Å². The largest absolute Gasteiger partial charge is 0.477 e. The third-order valence-electron chi connectivity index (χ3n) is 3.70. The lowest BCUT2D eigenvalue weighted by molar-refractivity contribution is 0.0526. The molecule has 0 aliphatic heterocycles. The minimum Gasteiger partial charge on any atom is -0.477 e. The first-order valence-corrected chi connectivity index (χ1v) is 9.08. The molecule has 0 unspecified atom stereocenters. The van der Waals surface area contributed by atoms with Gasteiger partial charge in [0, 0.05) is 7.05 Å². The molecule has 0 spiro atoms. The number of rotatable bonds is 7. The molecule has 11 heteroatoms. The first kappa shape index (κ1) is 21.1. The average molecular weight is 409 g/mol. The molecule has 0 saturated heterocycles. The molecule has 2 N–H and O–H groups in total. The van der Waals surface area contributed by atoms with Crippen molar-refractivity contribution in [2.45, 2.75) is 20.8 Å². The number of hydrogen-bond donors (Lipinski definition) is 2. The SMILES string of the molecule is CCOC(=O)c1sc(NC(=O)c2cnn(C)c2C(=O)O)c(C(=O)OCC)c1C. The fourth-order valence-electron chi connectivity index (χ4n) is 2.47. The molecule has 2 rings (SSSR count). The maximum Gasteiger partial charge on any atom is 0.354 e. The molecule has 0 aromatic carbocycles. The van der Waals surface area contributed by atoms with Crippen LogP contribution in [-0.2, 0) is 16.5 Å². The third kappa shape index (κ3) is 4.03. The van der Waals surface area contributed by atoms with Gasteiger partial charge in [-0.1, -0.05) is 0 Å². The summed E-state index contributed by atoms with van der Waals surface area (Å²) in [6.07, 6.45) is 1.11. The van der Waals surface area contributed by atoms with E-state index in [-0.39, 0.29) is 39.9 Å². The van der Waals surface area contributed by atoms with E-state index in [1.165, 1.54) is 14.0 Å². The lowest BCUT2D eigenvalue weighted by Crippen LogP contribution is -2.18. The Morgan fingerprint density at radius 2 is 1.79 bits per heavy atom. The zero-order valence-electron chi connectivity index (χ0n) is 15.7. The Morgan fingerprint density at radius 3 is 2.36 bits per heavy atom. The number of aromatic carboxylic acids is 1. The summed E-state index contributed by atoms with van der Waals surface area (Å²) in [6, 6.07) is 0. The highest BCUT2D eigenvalue weighted by Crippen LogP contribution is 2.34. The van der Waals surface area contributed by atoms with Crippen molar-refractivity contribution < 1.29 is 33.8 Å². The topological polar surface area (TPSA) is 137 Å². The number of esters is 2. The number of thiophene rings is 1. The molecule has 0 radical (unpaired) electrons. The zero-order chi connectivity index (χ0) is 21.0. The van der Waals surface area contributed by atoms with E-state index in [1.54, 1.807) is 13.8 Å². The molecule has 0 aliphatic carbocycles. The van der Waals surface area contributed by atoms with E-state index in [0.29, 0.717) is 5.56 Å². The van der Waals surface area contributed by atoms with Crippen LogP contribution in [0.15, 0.2) is 6.20 Å². The van der Waals surface area contributed by atoms with Crippen LogP contribution in [0.3, 0.4) is 0 Å². The number of carbonyl (C=O) groups is 4. The van der Waals surface area contributed by atoms with Crippen molar-refractivity contribution in [1.29, 1.82) is 0 Å². The lowest BCUT2D eigenvalue weighted by atomic mass is 10.1. The number of carboxylic acid groups (broad SMARTS) is 1. The molecular weight excluding hydrogens is 390 g/mol. The molecule has 150 valence electrons. The Balaban J connectivity index is 2.48. The summed E-state index contributed by atoms with van der Waals surface area (Å²) < 4.78 is 11.0. The van der Waals surface area contributed by atoms with Gasteiger partial charge >= 0.3 is 17.9 Å². The molecule has 2 aromatic rings. The van der Waals surface area contributed by atoms with Gasteiger partial charge in [0.05, 0.1) is 30.5 Å². The van der Waals surface area contributed by atoms with Crippen molar-refractivity contribution in [3.05, 3.63) is 33.5 Å². The van der Waals surface area contributed by atoms with E-state index in [1.807, 2.05) is 0 Å². The van der Waals surface area contributed by atoms with Crippen molar-refractivity contribution >= 4 is 40.2 Å². The van der Waals surface area contributed by atoms with E-state index >= 15 is 0 Å². The first-order chi connectivity index (χ1) is 13.2. The first-order valence-electron chi connectivity index (χ1n) is 8.27. The summed E-state index contributed by atoms with van der Waals surface area (Å²) >= 11 is 0.850. The molecule has 2 aromatic heterocycles. The number of carboxylic acids is 1. The summed E-state index contributed by atoms with van der Waals surface area (Å²) in [5.74, 6) is -3.46. The van der Waals surface area contributed by atoms with Gasteiger partial charge in [-0.15, -0.1) is 11.3 Å². The number of aryl methyl sites for hydroxylation is 1. The Kier molecular flexibility index (Phi) is 6.52. The Labute approximate surface area is 164 Å². The second-order valence-corrected chi connectivity index (χ2v) is 6.51. The van der Waals surface area contributed by atoms with Crippen molar-refractivity contribution in [1.82, 2.24) is 9.78 Å². The number of aromatic nitrogens is 2. The normalized spacial score (nSPS) is 10.4. The smallest absolute Gasteiger partial charge is 0.354 e. The van der Waals surface area contributed by atoms with Gasteiger partial charge in [0.15, 0.2) is 5.69 Å². The number of carbonyl (C=O) groups excluding carboxylic acids is 3. The van der Waals surface area contributed by atoms with Crippen molar-refractivity contribution in [3.63, 3.8) is 0 Å². The van der Waals surface area contributed by atoms with Crippen LogP contribution >= 0.6 is 11.3 Å². The maximum absolute atomic E-state index is 12.6. The molecule has 0 bridgehead atoms. The fourth-order valence-corrected chi connectivity index (χ4v) is 3.55. The van der Waals surface area contributed by atoms with Gasteiger partial charge in [-0.25, -0.2) is 14.4 Å². The Bertz CT molecular complexity index is 945. The van der Waals surface area contributed by atoms with Crippen molar-refractivity contribution in [2.75, 3.05) is 18.5 Å². The number of amides is 1. The second kappa shape index (κ2) is 8.65. The predicted molar refractivity (Wildman–Crippen MR) is 99.1 cm³/mol. The molecule has 28 heavy (non-hydrogen) atoms. The van der Waals surface area contributed by atoms with E-state index in [4.69, 9.17) is 9.47 Å². The number of anilines is 1. The molecular formula is C17H19N3O7S. The van der Waals surface area contributed by atoms with E-state index < -0.39 is 23.8 Å². The monoisotopic (exact) mass is 409 g/mol. The standard InChI is InChI=1S/C17H19N3O7S/c1-5-26-16(24)10-8(3)12(17(25)27-6-2)28-14(10)19-13(21)9-7-18-20(4)11(9)15(22)23/h7H,5-6H2,1-4H3,(H,19,21)(H,22,23). The summed E-state index contributed by atoms with van der Waals surface area (Å²) in [5, 5.41) is 15.6. The Morgan fingerprint density at radius 1 is 1.18 bits per heavy atom. The molecule has 1 amide bonds. The quantitative estimate of drug-likeness (QED) is 0.663. The maximum atomic E-state index is 12.6. The summed E-state index contributed by atoms with van der Waals surface area (Å²) in [6.45, 7) is 5.05. The van der Waals surface area contributed by atoms with Gasteiger partial charge in [-0.2, -0.15) is 5.10 Å². The van der Waals surface area contributed by atoms with E-state index in [0.717, 1.165) is 22.2 Å². The molecule has 2 heterocycles. The summed E-state index contributed by atoms with van der Waals surface area (Å²) in [4.78, 5) is 48.6. The summed E-state index contributed by atoms with van der Waals surface area (Å²) in [5.41, 5.74) is -0.173. The highest BCUT2D eigenvalue weighted by atomic mass is 32.1. The van der Waals surface area contributed by atoms with Gasteiger partial charge in [0.2, 0.25) is 0 Å². The van der Waals surface area contributed by atoms with Crippen molar-refractivity contribution in [2.24, 2.45) is 7.05 Å².